The fourth-order valence-corrected chi connectivity index (χ4v) is 1.54. The Balaban J connectivity index is 0.000000487. The fourth-order valence-electron chi connectivity index (χ4n) is 1.54. The van der Waals surface area contributed by atoms with Crippen LogP contribution in [0.4, 0.5) is 0 Å². The molecule has 1 aromatic rings. The molecule has 0 aliphatic carbocycles. The summed E-state index contributed by atoms with van der Waals surface area (Å²) in [4.78, 5) is 0. The van der Waals surface area contributed by atoms with Crippen LogP contribution in [0.5, 0.6) is 0 Å². The summed E-state index contributed by atoms with van der Waals surface area (Å²) < 4.78 is 0. The normalized spacial score (nSPS) is 9.88. The monoisotopic (exact) mass is 220 g/mol. The number of hydrogen-bond acceptors (Lipinski definition) is 0. The van der Waals surface area contributed by atoms with Gasteiger partial charge in [-0.1, -0.05) is 71.7 Å². The van der Waals surface area contributed by atoms with Crippen LogP contribution in [0.15, 0.2) is 24.3 Å². The lowest BCUT2D eigenvalue weighted by Crippen LogP contribution is -1.97. The minimum atomic E-state index is 0.762. The Morgan fingerprint density at radius 1 is 0.875 bits per heavy atom. The van der Waals surface area contributed by atoms with Gasteiger partial charge in [0, 0.05) is 0 Å². The molecule has 0 atom stereocenters. The van der Waals surface area contributed by atoms with Gasteiger partial charge in [0.1, 0.15) is 0 Å². The van der Waals surface area contributed by atoms with Gasteiger partial charge in [-0.3, -0.25) is 0 Å². The highest BCUT2D eigenvalue weighted by Crippen LogP contribution is 2.13. The summed E-state index contributed by atoms with van der Waals surface area (Å²) >= 11 is 0. The predicted molar refractivity (Wildman–Crippen MR) is 74.9 cm³/mol. The molecular weight excluding hydrogens is 192 g/mol. The van der Waals surface area contributed by atoms with Gasteiger partial charge in [-0.05, 0) is 29.9 Å². The highest BCUT2D eigenvalue weighted by Gasteiger charge is 2.01. The van der Waals surface area contributed by atoms with Gasteiger partial charge in [0.05, 0.1) is 0 Å². The van der Waals surface area contributed by atoms with Crippen molar-refractivity contribution >= 4 is 0 Å². The lowest BCUT2D eigenvalue weighted by molar-refractivity contribution is 0.643. The van der Waals surface area contributed by atoms with Crippen molar-refractivity contribution in [1.29, 1.82) is 0 Å². The molecule has 16 heavy (non-hydrogen) atoms. The molecule has 0 spiro atoms. The third-order valence-electron chi connectivity index (χ3n) is 2.63. The Hall–Kier alpha value is -0.780. The third kappa shape index (κ3) is 6.66. The Morgan fingerprint density at radius 3 is 1.75 bits per heavy atom. The van der Waals surface area contributed by atoms with Crippen molar-refractivity contribution in [1.82, 2.24) is 0 Å². The van der Waals surface area contributed by atoms with E-state index in [0.717, 1.165) is 12.3 Å². The topological polar surface area (TPSA) is 0 Å². The minimum Gasteiger partial charge on any atom is -0.0654 e. The first-order valence-corrected chi connectivity index (χ1v) is 6.72. The van der Waals surface area contributed by atoms with Gasteiger partial charge in [0.25, 0.3) is 0 Å². The second kappa shape index (κ2) is 9.45. The SMILES string of the molecule is CCCC.CCc1ccccc1CC(C)C. The number of rotatable bonds is 4. The van der Waals surface area contributed by atoms with Crippen LogP contribution in [0.2, 0.25) is 0 Å². The van der Waals surface area contributed by atoms with Crippen molar-refractivity contribution in [3.63, 3.8) is 0 Å². The van der Waals surface area contributed by atoms with E-state index < -0.39 is 0 Å². The van der Waals surface area contributed by atoms with E-state index in [0.29, 0.717) is 0 Å². The Labute approximate surface area is 102 Å². The maximum atomic E-state index is 2.27. The largest absolute Gasteiger partial charge is 0.0654 e. The molecule has 0 fully saturated rings. The molecule has 0 amide bonds. The summed E-state index contributed by atoms with van der Waals surface area (Å²) in [6.07, 6.45) is 5.01. The maximum absolute atomic E-state index is 2.27. The summed E-state index contributed by atoms with van der Waals surface area (Å²) in [5.74, 6) is 0.762. The van der Waals surface area contributed by atoms with E-state index >= 15 is 0 Å². The van der Waals surface area contributed by atoms with Gasteiger partial charge in [0.15, 0.2) is 0 Å². The molecule has 0 bridgehead atoms. The van der Waals surface area contributed by atoms with Gasteiger partial charge in [-0.15, -0.1) is 0 Å². The number of hydrogen-bond donors (Lipinski definition) is 0. The first kappa shape index (κ1) is 15.2. The van der Waals surface area contributed by atoms with Crippen molar-refractivity contribution in [2.45, 2.75) is 60.3 Å². The lowest BCUT2D eigenvalue weighted by atomic mass is 9.97. The second-order valence-electron chi connectivity index (χ2n) is 4.72. The molecule has 1 aromatic carbocycles. The maximum Gasteiger partial charge on any atom is -0.0253 e. The standard InChI is InChI=1S/C12H18.C4H10/c1-4-11-7-5-6-8-12(11)9-10(2)3;1-3-4-2/h5-8,10H,4,9H2,1-3H3;3-4H2,1-2H3. The smallest absolute Gasteiger partial charge is 0.0253 e. The molecule has 0 radical (unpaired) electrons. The summed E-state index contributed by atoms with van der Waals surface area (Å²) in [5, 5.41) is 0. The summed E-state index contributed by atoms with van der Waals surface area (Å²) in [6, 6.07) is 8.75. The molecule has 0 heterocycles. The molecule has 92 valence electrons. The van der Waals surface area contributed by atoms with Crippen molar-refractivity contribution in [2.24, 2.45) is 5.92 Å². The molecule has 0 aliphatic rings. The van der Waals surface area contributed by atoms with Crippen molar-refractivity contribution in [2.75, 3.05) is 0 Å². The highest BCUT2D eigenvalue weighted by atomic mass is 14.1. The molecular formula is C16H28. The van der Waals surface area contributed by atoms with Crippen LogP contribution in [-0.2, 0) is 12.8 Å². The van der Waals surface area contributed by atoms with Crippen LogP contribution in [0, 0.1) is 5.92 Å². The second-order valence-corrected chi connectivity index (χ2v) is 4.72. The molecule has 0 nitrogen and oxygen atoms in total. The molecule has 0 N–H and O–H groups in total. The number of unbranched alkanes of at least 4 members (excludes halogenated alkanes) is 1. The summed E-state index contributed by atoms with van der Waals surface area (Å²) in [5.41, 5.74) is 3.03. The zero-order chi connectivity index (χ0) is 12.4. The van der Waals surface area contributed by atoms with Gasteiger partial charge in [0.2, 0.25) is 0 Å². The van der Waals surface area contributed by atoms with Gasteiger partial charge in [-0.25, -0.2) is 0 Å². The van der Waals surface area contributed by atoms with E-state index in [4.69, 9.17) is 0 Å². The van der Waals surface area contributed by atoms with E-state index in [1.165, 1.54) is 30.4 Å². The third-order valence-corrected chi connectivity index (χ3v) is 2.63. The highest BCUT2D eigenvalue weighted by molar-refractivity contribution is 5.27. The minimum absolute atomic E-state index is 0.762. The van der Waals surface area contributed by atoms with E-state index in [1.54, 1.807) is 0 Å². The van der Waals surface area contributed by atoms with E-state index in [1.807, 2.05) is 0 Å². The van der Waals surface area contributed by atoms with Crippen LogP contribution in [0.25, 0.3) is 0 Å². The van der Waals surface area contributed by atoms with Crippen LogP contribution >= 0.6 is 0 Å². The first-order valence-electron chi connectivity index (χ1n) is 6.72. The average molecular weight is 220 g/mol. The molecule has 0 saturated heterocycles. The molecule has 0 saturated carbocycles. The van der Waals surface area contributed by atoms with Crippen LogP contribution in [0.3, 0.4) is 0 Å². The van der Waals surface area contributed by atoms with Crippen molar-refractivity contribution < 1.29 is 0 Å². The van der Waals surface area contributed by atoms with E-state index in [2.05, 4.69) is 58.9 Å². The van der Waals surface area contributed by atoms with Crippen LogP contribution in [0.1, 0.15) is 58.6 Å². The Bertz CT molecular complexity index is 258. The Kier molecular flexibility index (Phi) is 8.99. The zero-order valence-corrected chi connectivity index (χ0v) is 11.7. The van der Waals surface area contributed by atoms with Crippen molar-refractivity contribution in [3.8, 4) is 0 Å². The predicted octanol–water partition coefficient (Wildman–Crippen LogP) is 5.25. The zero-order valence-electron chi connectivity index (χ0n) is 11.7. The molecule has 0 aromatic heterocycles. The molecule has 0 aliphatic heterocycles. The van der Waals surface area contributed by atoms with E-state index in [9.17, 15) is 0 Å². The fraction of sp³-hybridized carbons (Fsp3) is 0.625. The van der Waals surface area contributed by atoms with Crippen molar-refractivity contribution in [3.05, 3.63) is 35.4 Å². The number of aryl methyl sites for hydroxylation is 1. The van der Waals surface area contributed by atoms with Gasteiger partial charge >= 0.3 is 0 Å². The molecule has 1 rings (SSSR count). The lowest BCUT2D eigenvalue weighted by Gasteiger charge is -2.09. The van der Waals surface area contributed by atoms with Gasteiger partial charge < -0.3 is 0 Å². The van der Waals surface area contributed by atoms with Crippen LogP contribution < -0.4 is 0 Å². The van der Waals surface area contributed by atoms with Crippen LogP contribution in [-0.4, -0.2) is 0 Å². The molecule has 0 unspecified atom stereocenters. The van der Waals surface area contributed by atoms with E-state index in [-0.39, 0.29) is 0 Å². The summed E-state index contributed by atoms with van der Waals surface area (Å²) in [6.45, 7) is 11.1. The van der Waals surface area contributed by atoms with Gasteiger partial charge in [-0.2, -0.15) is 0 Å². The molecule has 0 heteroatoms. The quantitative estimate of drug-likeness (QED) is 0.650. The number of benzene rings is 1. The average Bonchev–Trinajstić information content (AvgIpc) is 2.29. The Morgan fingerprint density at radius 2 is 1.38 bits per heavy atom. The summed E-state index contributed by atoms with van der Waals surface area (Å²) in [7, 11) is 0. The first-order chi connectivity index (χ1) is 7.65.